The predicted molar refractivity (Wildman–Crippen MR) is 117 cm³/mol. The Bertz CT molecular complexity index is 1230. The first-order chi connectivity index (χ1) is 15.8. The molecule has 166 valence electrons. The summed E-state index contributed by atoms with van der Waals surface area (Å²) in [6.07, 6.45) is 3.55. The third kappa shape index (κ3) is 3.66. The highest BCUT2D eigenvalue weighted by Gasteiger charge is 2.20. The minimum absolute atomic E-state index is 0.157. The molecule has 0 aliphatic carbocycles. The lowest BCUT2D eigenvalue weighted by Gasteiger charge is -2.28. The average Bonchev–Trinajstić information content (AvgIpc) is 3.47. The molecular weight excluding hydrogens is 412 g/mol. The summed E-state index contributed by atoms with van der Waals surface area (Å²) in [5.74, 6) is 2.12. The molecule has 0 saturated carbocycles. The molecule has 32 heavy (non-hydrogen) atoms. The van der Waals surface area contributed by atoms with Crippen molar-refractivity contribution in [2.24, 2.45) is 0 Å². The minimum Gasteiger partial charge on any atom is -0.475 e. The van der Waals surface area contributed by atoms with E-state index in [0.717, 1.165) is 54.4 Å². The summed E-state index contributed by atoms with van der Waals surface area (Å²) in [5.41, 5.74) is 2.26. The van der Waals surface area contributed by atoms with Crippen LogP contribution in [0.4, 0.5) is 5.82 Å². The number of morpholine rings is 2. The molecule has 2 aliphatic heterocycles. The van der Waals surface area contributed by atoms with Gasteiger partial charge in [-0.05, 0) is 18.2 Å². The van der Waals surface area contributed by atoms with Crippen LogP contribution >= 0.6 is 0 Å². The number of pyridine rings is 1. The van der Waals surface area contributed by atoms with Gasteiger partial charge in [-0.15, -0.1) is 5.10 Å². The van der Waals surface area contributed by atoms with Gasteiger partial charge in [-0.1, -0.05) is 0 Å². The molecule has 4 aromatic heterocycles. The number of hydrogen-bond donors (Lipinski definition) is 1. The summed E-state index contributed by atoms with van der Waals surface area (Å²) >= 11 is 0. The number of aromatic nitrogens is 4. The van der Waals surface area contributed by atoms with Gasteiger partial charge >= 0.3 is 0 Å². The fourth-order valence-corrected chi connectivity index (χ4v) is 4.12. The number of imidazole rings is 1. The Balaban J connectivity index is 1.31. The van der Waals surface area contributed by atoms with Crippen molar-refractivity contribution in [2.75, 3.05) is 57.6 Å². The summed E-state index contributed by atoms with van der Waals surface area (Å²) in [7, 11) is 0. The predicted octanol–water partition coefficient (Wildman–Crippen LogP) is 1.74. The fourth-order valence-electron chi connectivity index (χ4n) is 4.12. The molecule has 2 fully saturated rings. The normalized spacial score (nSPS) is 19.6. The number of fused-ring (bicyclic) bond motifs is 2. The number of nitrogens with zero attached hydrogens (tertiary/aromatic N) is 5. The Morgan fingerprint density at radius 1 is 1.09 bits per heavy atom. The molecule has 1 atom stereocenters. The number of rotatable bonds is 5. The molecular formula is C22H24N6O4. The van der Waals surface area contributed by atoms with Gasteiger partial charge in [-0.2, -0.15) is 0 Å². The van der Waals surface area contributed by atoms with Crippen LogP contribution in [0.25, 0.3) is 28.1 Å². The molecule has 6 rings (SSSR count). The van der Waals surface area contributed by atoms with Crippen molar-refractivity contribution in [3.63, 3.8) is 0 Å². The van der Waals surface area contributed by atoms with Gasteiger partial charge < -0.3 is 28.8 Å². The maximum atomic E-state index is 6.18. The van der Waals surface area contributed by atoms with E-state index >= 15 is 0 Å². The Morgan fingerprint density at radius 2 is 2.03 bits per heavy atom. The van der Waals surface area contributed by atoms with Gasteiger partial charge in [0.1, 0.15) is 23.7 Å². The van der Waals surface area contributed by atoms with Gasteiger partial charge in [0, 0.05) is 31.9 Å². The van der Waals surface area contributed by atoms with E-state index in [1.165, 1.54) is 0 Å². The lowest BCUT2D eigenvalue weighted by molar-refractivity contribution is 0.0583. The Morgan fingerprint density at radius 3 is 2.91 bits per heavy atom. The molecule has 4 aromatic rings. The van der Waals surface area contributed by atoms with E-state index in [2.05, 4.69) is 25.3 Å². The summed E-state index contributed by atoms with van der Waals surface area (Å²) in [6, 6.07) is 7.77. The van der Waals surface area contributed by atoms with E-state index in [1.807, 2.05) is 24.3 Å². The summed E-state index contributed by atoms with van der Waals surface area (Å²) < 4.78 is 24.8. The van der Waals surface area contributed by atoms with Crippen LogP contribution < -0.4 is 15.0 Å². The second kappa shape index (κ2) is 8.38. The van der Waals surface area contributed by atoms with Crippen LogP contribution in [0.1, 0.15) is 0 Å². The molecule has 10 heteroatoms. The highest BCUT2D eigenvalue weighted by Crippen LogP contribution is 2.33. The fraction of sp³-hybridized carbons (Fsp3) is 0.409. The third-order valence-electron chi connectivity index (χ3n) is 5.76. The van der Waals surface area contributed by atoms with Crippen LogP contribution in [0, 0.1) is 0 Å². The van der Waals surface area contributed by atoms with Crippen LogP contribution in [0.3, 0.4) is 0 Å². The second-order valence-corrected chi connectivity index (χ2v) is 7.88. The monoisotopic (exact) mass is 436 g/mol. The molecule has 0 amide bonds. The molecule has 0 spiro atoms. The molecule has 0 radical (unpaired) electrons. The molecule has 1 unspecified atom stereocenters. The Hall–Kier alpha value is -3.21. The number of furan rings is 1. The van der Waals surface area contributed by atoms with Crippen LogP contribution in [-0.4, -0.2) is 78.3 Å². The smallest absolute Gasteiger partial charge is 0.231 e. The lowest BCUT2D eigenvalue weighted by Crippen LogP contribution is -2.44. The van der Waals surface area contributed by atoms with E-state index in [0.29, 0.717) is 38.1 Å². The molecule has 6 heterocycles. The number of ether oxygens (including phenoxy) is 3. The summed E-state index contributed by atoms with van der Waals surface area (Å²) in [4.78, 5) is 11.3. The molecule has 0 bridgehead atoms. The highest BCUT2D eigenvalue weighted by atomic mass is 16.5. The van der Waals surface area contributed by atoms with Crippen molar-refractivity contribution >= 4 is 22.4 Å². The number of nitrogens with one attached hydrogen (secondary N) is 1. The van der Waals surface area contributed by atoms with Crippen molar-refractivity contribution < 1.29 is 18.6 Å². The van der Waals surface area contributed by atoms with Gasteiger partial charge in [0.25, 0.3) is 0 Å². The van der Waals surface area contributed by atoms with Crippen molar-refractivity contribution in [1.82, 2.24) is 24.9 Å². The molecule has 1 N–H and O–H groups in total. The SMILES string of the molecule is c1cc2oc(-c3cnc4ccc(OCC5COCCN5)nn34)cc2c(N2CCOCC2)n1. The Kier molecular flexibility index (Phi) is 5.10. The van der Waals surface area contributed by atoms with E-state index < -0.39 is 0 Å². The van der Waals surface area contributed by atoms with Crippen molar-refractivity contribution in [3.05, 3.63) is 36.7 Å². The second-order valence-electron chi connectivity index (χ2n) is 7.88. The minimum atomic E-state index is 0.157. The van der Waals surface area contributed by atoms with Gasteiger partial charge in [-0.25, -0.2) is 14.5 Å². The average molecular weight is 436 g/mol. The zero-order valence-corrected chi connectivity index (χ0v) is 17.6. The molecule has 10 nitrogen and oxygen atoms in total. The van der Waals surface area contributed by atoms with Gasteiger partial charge in [0.15, 0.2) is 11.4 Å². The first-order valence-electron chi connectivity index (χ1n) is 10.9. The number of hydrogen-bond acceptors (Lipinski definition) is 9. The van der Waals surface area contributed by atoms with Crippen molar-refractivity contribution in [3.8, 4) is 17.3 Å². The summed E-state index contributed by atoms with van der Waals surface area (Å²) in [6.45, 7) is 5.71. The zero-order chi connectivity index (χ0) is 21.3. The van der Waals surface area contributed by atoms with E-state index in [9.17, 15) is 0 Å². The van der Waals surface area contributed by atoms with Crippen molar-refractivity contribution in [1.29, 1.82) is 0 Å². The first kappa shape index (κ1) is 19.5. The standard InChI is InChI=1S/C22H24N6O4/c1-2-21(31-14-15-13-30-8-5-23-15)26-28-17(12-25-20(1)28)19-11-16-18(32-19)3-4-24-22(16)27-6-9-29-10-7-27/h1-4,11-12,15,23H,5-10,13-14H2. The lowest BCUT2D eigenvalue weighted by atomic mass is 10.2. The van der Waals surface area contributed by atoms with Gasteiger partial charge in [0.2, 0.25) is 5.88 Å². The Labute approximate surface area is 184 Å². The zero-order valence-electron chi connectivity index (χ0n) is 17.6. The first-order valence-corrected chi connectivity index (χ1v) is 10.9. The van der Waals surface area contributed by atoms with E-state index in [1.54, 1.807) is 16.9 Å². The van der Waals surface area contributed by atoms with Gasteiger partial charge in [-0.3, -0.25) is 0 Å². The largest absolute Gasteiger partial charge is 0.475 e. The maximum absolute atomic E-state index is 6.18. The molecule has 2 aliphatic rings. The third-order valence-corrected chi connectivity index (χ3v) is 5.76. The maximum Gasteiger partial charge on any atom is 0.231 e. The number of anilines is 1. The van der Waals surface area contributed by atoms with E-state index in [-0.39, 0.29) is 6.04 Å². The topological polar surface area (TPSA) is 99.2 Å². The molecule has 2 saturated heterocycles. The van der Waals surface area contributed by atoms with Crippen molar-refractivity contribution in [2.45, 2.75) is 6.04 Å². The van der Waals surface area contributed by atoms with Crippen LogP contribution in [0.5, 0.6) is 5.88 Å². The summed E-state index contributed by atoms with van der Waals surface area (Å²) in [5, 5.41) is 8.98. The van der Waals surface area contributed by atoms with Gasteiger partial charge in [0.05, 0.1) is 44.1 Å². The quantitative estimate of drug-likeness (QED) is 0.501. The van der Waals surface area contributed by atoms with E-state index in [4.69, 9.17) is 18.6 Å². The molecule has 0 aromatic carbocycles. The van der Waals surface area contributed by atoms with Crippen LogP contribution in [0.2, 0.25) is 0 Å². The van der Waals surface area contributed by atoms with Crippen LogP contribution in [0.15, 0.2) is 41.1 Å². The highest BCUT2D eigenvalue weighted by molar-refractivity contribution is 5.92. The van der Waals surface area contributed by atoms with Crippen LogP contribution in [-0.2, 0) is 9.47 Å².